The van der Waals surface area contributed by atoms with Gasteiger partial charge in [-0.2, -0.15) is 0 Å². The predicted molar refractivity (Wildman–Crippen MR) is 79.1 cm³/mol. The Bertz CT molecular complexity index is 419. The van der Waals surface area contributed by atoms with Crippen molar-refractivity contribution in [2.24, 2.45) is 0 Å². The minimum absolute atomic E-state index is 0.614. The number of hydrogen-bond donors (Lipinski definition) is 0. The van der Waals surface area contributed by atoms with Gasteiger partial charge >= 0.3 is 0 Å². The summed E-state index contributed by atoms with van der Waals surface area (Å²) in [7, 11) is 0. The zero-order chi connectivity index (χ0) is 12.1. The van der Waals surface area contributed by atoms with E-state index in [0.29, 0.717) is 13.2 Å². The first-order valence-corrected chi connectivity index (χ1v) is 6.76. The van der Waals surface area contributed by atoms with Crippen molar-refractivity contribution in [3.05, 3.63) is 68.3 Å². The average molecular weight is 359 g/mol. The Kier molecular flexibility index (Phi) is 4.83. The molecule has 0 bridgehead atoms. The van der Waals surface area contributed by atoms with Crippen molar-refractivity contribution in [3.63, 3.8) is 0 Å². The van der Waals surface area contributed by atoms with E-state index in [9.17, 15) is 0 Å². The van der Waals surface area contributed by atoms with E-state index in [0.717, 1.165) is 10.6 Å². The van der Waals surface area contributed by atoms with Gasteiger partial charge in [0.25, 0.3) is 0 Å². The van der Waals surface area contributed by atoms with Crippen LogP contribution in [0.5, 0.6) is 0 Å². The Hall–Kier alpha value is -0.580. The number of ether oxygens (including phenoxy) is 1. The monoisotopic (exact) mass is 358 g/mol. The van der Waals surface area contributed by atoms with Crippen LogP contribution in [0, 0.1) is 3.57 Å². The predicted octanol–water partition coefficient (Wildman–Crippen LogP) is 4.66. The van der Waals surface area contributed by atoms with Crippen LogP contribution in [0.25, 0.3) is 0 Å². The molecule has 0 heterocycles. The van der Waals surface area contributed by atoms with E-state index < -0.39 is 0 Å². The molecule has 2 rings (SSSR count). The Morgan fingerprint density at radius 2 is 1.29 bits per heavy atom. The van der Waals surface area contributed by atoms with E-state index in [2.05, 4.69) is 46.9 Å². The lowest BCUT2D eigenvalue weighted by molar-refractivity contribution is 0.107. The minimum atomic E-state index is 0.614. The van der Waals surface area contributed by atoms with Crippen LogP contribution in [0.2, 0.25) is 5.02 Å². The van der Waals surface area contributed by atoms with Gasteiger partial charge in [0.1, 0.15) is 0 Å². The van der Waals surface area contributed by atoms with Gasteiger partial charge in [0, 0.05) is 8.59 Å². The second-order valence-electron chi connectivity index (χ2n) is 3.75. The molecular weight excluding hydrogens is 347 g/mol. The molecule has 0 spiro atoms. The average Bonchev–Trinajstić information content (AvgIpc) is 2.34. The number of halogens is 2. The van der Waals surface area contributed by atoms with E-state index in [1.165, 1.54) is 9.13 Å². The lowest BCUT2D eigenvalue weighted by Gasteiger charge is -2.05. The highest BCUT2D eigenvalue weighted by atomic mass is 127. The van der Waals surface area contributed by atoms with Crippen molar-refractivity contribution in [1.82, 2.24) is 0 Å². The summed E-state index contributed by atoms with van der Waals surface area (Å²) in [6, 6.07) is 16.1. The second-order valence-corrected chi connectivity index (χ2v) is 5.43. The highest BCUT2D eigenvalue weighted by Gasteiger charge is 1.96. The SMILES string of the molecule is Clc1ccc(COCc2ccc(I)cc2)cc1. The molecule has 0 aromatic heterocycles. The van der Waals surface area contributed by atoms with Crippen molar-refractivity contribution in [2.45, 2.75) is 13.2 Å². The lowest BCUT2D eigenvalue weighted by Crippen LogP contribution is -1.94. The third kappa shape index (κ3) is 4.30. The summed E-state index contributed by atoms with van der Waals surface area (Å²) in [5.74, 6) is 0. The van der Waals surface area contributed by atoms with Crippen molar-refractivity contribution in [1.29, 1.82) is 0 Å². The van der Waals surface area contributed by atoms with Gasteiger partial charge in [-0.1, -0.05) is 35.9 Å². The maximum atomic E-state index is 5.81. The van der Waals surface area contributed by atoms with E-state index in [4.69, 9.17) is 16.3 Å². The van der Waals surface area contributed by atoms with Gasteiger partial charge in [0.15, 0.2) is 0 Å². The fourth-order valence-corrected chi connectivity index (χ4v) is 1.93. The van der Waals surface area contributed by atoms with Crippen LogP contribution in [0.15, 0.2) is 48.5 Å². The Morgan fingerprint density at radius 3 is 1.82 bits per heavy atom. The van der Waals surface area contributed by atoms with Gasteiger partial charge in [-0.3, -0.25) is 0 Å². The zero-order valence-corrected chi connectivity index (χ0v) is 12.1. The van der Waals surface area contributed by atoms with Crippen LogP contribution in [0.4, 0.5) is 0 Å². The van der Waals surface area contributed by atoms with Crippen LogP contribution < -0.4 is 0 Å². The summed E-state index contributed by atoms with van der Waals surface area (Å²) in [4.78, 5) is 0. The van der Waals surface area contributed by atoms with Crippen LogP contribution in [-0.2, 0) is 18.0 Å². The van der Waals surface area contributed by atoms with Gasteiger partial charge in [0.2, 0.25) is 0 Å². The summed E-state index contributed by atoms with van der Waals surface area (Å²) in [6.07, 6.45) is 0. The lowest BCUT2D eigenvalue weighted by atomic mass is 10.2. The molecule has 0 unspecified atom stereocenters. The molecule has 1 nitrogen and oxygen atoms in total. The molecule has 17 heavy (non-hydrogen) atoms. The normalized spacial score (nSPS) is 10.5. The first-order valence-electron chi connectivity index (χ1n) is 5.31. The molecule has 0 amide bonds. The molecule has 0 N–H and O–H groups in total. The Balaban J connectivity index is 1.83. The maximum absolute atomic E-state index is 5.81. The largest absolute Gasteiger partial charge is 0.372 e. The summed E-state index contributed by atoms with van der Waals surface area (Å²) in [5, 5.41) is 0.756. The van der Waals surface area contributed by atoms with Gasteiger partial charge < -0.3 is 4.74 Å². The zero-order valence-electron chi connectivity index (χ0n) is 9.20. The van der Waals surface area contributed by atoms with Gasteiger partial charge in [-0.25, -0.2) is 0 Å². The molecular formula is C14H12ClIO. The molecule has 0 saturated carbocycles. The highest BCUT2D eigenvalue weighted by molar-refractivity contribution is 14.1. The molecule has 0 saturated heterocycles. The molecule has 0 aliphatic rings. The maximum Gasteiger partial charge on any atom is 0.0721 e. The van der Waals surface area contributed by atoms with E-state index >= 15 is 0 Å². The molecule has 0 aliphatic heterocycles. The standard InChI is InChI=1S/C14H12ClIO/c15-13-5-1-11(2-6-13)9-17-10-12-3-7-14(16)8-4-12/h1-8H,9-10H2. The quantitative estimate of drug-likeness (QED) is 0.722. The van der Waals surface area contributed by atoms with Crippen molar-refractivity contribution < 1.29 is 4.74 Å². The van der Waals surface area contributed by atoms with Crippen LogP contribution in [-0.4, -0.2) is 0 Å². The Morgan fingerprint density at radius 1 is 0.824 bits per heavy atom. The van der Waals surface area contributed by atoms with Crippen LogP contribution in [0.1, 0.15) is 11.1 Å². The number of rotatable bonds is 4. The second kappa shape index (κ2) is 6.38. The fraction of sp³-hybridized carbons (Fsp3) is 0.143. The van der Waals surface area contributed by atoms with Crippen molar-refractivity contribution in [3.8, 4) is 0 Å². The summed E-state index contributed by atoms with van der Waals surface area (Å²) < 4.78 is 6.88. The topological polar surface area (TPSA) is 9.23 Å². The number of hydrogen-bond acceptors (Lipinski definition) is 1. The van der Waals surface area contributed by atoms with E-state index in [-0.39, 0.29) is 0 Å². The molecule has 2 aromatic rings. The molecule has 0 radical (unpaired) electrons. The van der Waals surface area contributed by atoms with Crippen LogP contribution in [0.3, 0.4) is 0 Å². The number of benzene rings is 2. The highest BCUT2D eigenvalue weighted by Crippen LogP contribution is 2.12. The molecule has 0 fully saturated rings. The smallest absolute Gasteiger partial charge is 0.0721 e. The first kappa shape index (κ1) is 12.9. The summed E-state index contributed by atoms with van der Waals surface area (Å²) in [6.45, 7) is 1.25. The first-order chi connectivity index (χ1) is 8.24. The van der Waals surface area contributed by atoms with Crippen molar-refractivity contribution in [2.75, 3.05) is 0 Å². The molecule has 0 atom stereocenters. The van der Waals surface area contributed by atoms with Gasteiger partial charge in [0.05, 0.1) is 13.2 Å². The molecule has 88 valence electrons. The third-order valence-electron chi connectivity index (χ3n) is 2.36. The fourth-order valence-electron chi connectivity index (χ4n) is 1.45. The third-order valence-corrected chi connectivity index (χ3v) is 3.34. The molecule has 3 heteroatoms. The van der Waals surface area contributed by atoms with Gasteiger partial charge in [-0.05, 0) is 58.0 Å². The van der Waals surface area contributed by atoms with Crippen molar-refractivity contribution >= 4 is 34.2 Å². The minimum Gasteiger partial charge on any atom is -0.372 e. The molecule has 0 aliphatic carbocycles. The van der Waals surface area contributed by atoms with Gasteiger partial charge in [-0.15, -0.1) is 0 Å². The summed E-state index contributed by atoms with van der Waals surface area (Å²) >= 11 is 8.11. The summed E-state index contributed by atoms with van der Waals surface area (Å²) in [5.41, 5.74) is 2.33. The Labute approximate surface area is 120 Å². The van der Waals surface area contributed by atoms with E-state index in [1.807, 2.05) is 24.3 Å². The molecule has 2 aromatic carbocycles. The van der Waals surface area contributed by atoms with Crippen LogP contribution >= 0.6 is 34.2 Å². The van der Waals surface area contributed by atoms with E-state index in [1.54, 1.807) is 0 Å².